The van der Waals surface area contributed by atoms with Crippen molar-refractivity contribution in [2.75, 3.05) is 6.54 Å². The molecule has 0 heterocycles. The number of halogens is 2. The van der Waals surface area contributed by atoms with Gasteiger partial charge in [0.15, 0.2) is 0 Å². The zero-order chi connectivity index (χ0) is 17.1. The molecule has 0 aliphatic heterocycles. The van der Waals surface area contributed by atoms with Gasteiger partial charge in [-0.3, -0.25) is 0 Å². The Morgan fingerprint density at radius 3 is 2.45 bits per heavy atom. The third kappa shape index (κ3) is 5.95. The van der Waals surface area contributed by atoms with E-state index in [1.165, 1.54) is 0 Å². The lowest BCUT2D eigenvalue weighted by Crippen LogP contribution is -2.38. The topological polar surface area (TPSA) is 29.5 Å². The van der Waals surface area contributed by atoms with E-state index >= 15 is 0 Å². The first kappa shape index (κ1) is 18.9. The minimum Gasteiger partial charge on any atom is -0.444 e. The summed E-state index contributed by atoms with van der Waals surface area (Å²) in [6.45, 7) is 11.9. The molecular formula is C17H25BrFNO2. The van der Waals surface area contributed by atoms with Crippen LogP contribution in [0.5, 0.6) is 0 Å². The van der Waals surface area contributed by atoms with E-state index in [1.54, 1.807) is 24.0 Å². The fourth-order valence-corrected chi connectivity index (χ4v) is 2.71. The van der Waals surface area contributed by atoms with E-state index in [-0.39, 0.29) is 18.3 Å². The average Bonchev–Trinajstić information content (AvgIpc) is 2.31. The second-order valence-corrected chi connectivity index (χ2v) is 7.87. The highest BCUT2D eigenvalue weighted by Gasteiger charge is 2.24. The maximum atomic E-state index is 14.3. The lowest BCUT2D eigenvalue weighted by Gasteiger charge is -2.29. The number of ether oxygens (including phenoxy) is 1. The normalized spacial score (nSPS) is 11.7. The third-order valence-electron chi connectivity index (χ3n) is 2.89. The fraction of sp³-hybridized carbons (Fsp3) is 0.588. The van der Waals surface area contributed by atoms with Crippen LogP contribution in [-0.4, -0.2) is 23.1 Å². The molecule has 0 bridgehead atoms. The summed E-state index contributed by atoms with van der Waals surface area (Å²) in [5.41, 5.74) is 0.467. The van der Waals surface area contributed by atoms with E-state index < -0.39 is 11.7 Å². The van der Waals surface area contributed by atoms with Gasteiger partial charge in [-0.15, -0.1) is 0 Å². The number of aryl methyl sites for hydroxylation is 1. The molecule has 5 heteroatoms. The fourth-order valence-electron chi connectivity index (χ4n) is 2.09. The first-order chi connectivity index (χ1) is 9.99. The minimum atomic E-state index is -0.571. The summed E-state index contributed by atoms with van der Waals surface area (Å²) >= 11 is 3.37. The molecule has 3 nitrogen and oxygen atoms in total. The Morgan fingerprint density at radius 2 is 1.95 bits per heavy atom. The Kier molecular flexibility index (Phi) is 6.41. The minimum absolute atomic E-state index is 0.194. The van der Waals surface area contributed by atoms with E-state index in [0.29, 0.717) is 17.7 Å². The molecule has 0 aliphatic rings. The lowest BCUT2D eigenvalue weighted by atomic mass is 10.1. The zero-order valence-corrected chi connectivity index (χ0v) is 15.8. The Labute approximate surface area is 141 Å². The van der Waals surface area contributed by atoms with Crippen LogP contribution in [0.25, 0.3) is 0 Å². The maximum Gasteiger partial charge on any atom is 0.410 e. The largest absolute Gasteiger partial charge is 0.444 e. The van der Waals surface area contributed by atoms with Crippen LogP contribution in [0.4, 0.5) is 9.18 Å². The summed E-state index contributed by atoms with van der Waals surface area (Å²) in [6.07, 6.45) is -0.418. The molecule has 1 aromatic rings. The van der Waals surface area contributed by atoms with E-state index in [1.807, 2.05) is 34.6 Å². The molecule has 0 N–H and O–H groups in total. The van der Waals surface area contributed by atoms with Crippen molar-refractivity contribution in [3.8, 4) is 0 Å². The summed E-state index contributed by atoms with van der Waals surface area (Å²) in [5, 5.41) is 0. The predicted octanol–water partition coefficient (Wildman–Crippen LogP) is 5.29. The second-order valence-electron chi connectivity index (χ2n) is 6.95. The Morgan fingerprint density at radius 1 is 1.36 bits per heavy atom. The molecule has 0 unspecified atom stereocenters. The first-order valence-electron chi connectivity index (χ1n) is 7.42. The van der Waals surface area contributed by atoms with Gasteiger partial charge in [0, 0.05) is 16.6 Å². The monoisotopic (exact) mass is 373 g/mol. The molecule has 22 heavy (non-hydrogen) atoms. The summed E-state index contributed by atoms with van der Waals surface area (Å²) in [6, 6.07) is 3.43. The molecule has 1 aromatic carbocycles. The molecule has 0 aliphatic carbocycles. The van der Waals surface area contributed by atoms with Crippen molar-refractivity contribution in [2.24, 2.45) is 5.92 Å². The van der Waals surface area contributed by atoms with Gasteiger partial charge in [-0.05, 0) is 51.3 Å². The Bertz CT molecular complexity index is 538. The highest BCUT2D eigenvalue weighted by Crippen LogP contribution is 2.22. The van der Waals surface area contributed by atoms with Crippen LogP contribution in [0, 0.1) is 18.7 Å². The van der Waals surface area contributed by atoms with E-state index in [4.69, 9.17) is 4.74 Å². The number of hydrogen-bond donors (Lipinski definition) is 0. The highest BCUT2D eigenvalue weighted by molar-refractivity contribution is 9.10. The number of carbonyl (C=O) groups excluding carboxylic acids is 1. The average molecular weight is 374 g/mol. The lowest BCUT2D eigenvalue weighted by molar-refractivity contribution is 0.0209. The summed E-state index contributed by atoms with van der Waals surface area (Å²) < 4.78 is 20.5. The van der Waals surface area contributed by atoms with E-state index in [9.17, 15) is 9.18 Å². The standard InChI is InChI=1S/C17H25BrFNO2/c1-11(2)9-20(16(21)22-17(4,5)6)10-13-8-14(18)7-12(3)15(13)19/h7-8,11H,9-10H2,1-6H3. The van der Waals surface area contributed by atoms with E-state index in [0.717, 1.165) is 4.47 Å². The summed E-state index contributed by atoms with van der Waals surface area (Å²) in [4.78, 5) is 13.9. The smallest absolute Gasteiger partial charge is 0.410 e. The van der Waals surface area contributed by atoms with Crippen LogP contribution in [0.15, 0.2) is 16.6 Å². The molecule has 0 saturated carbocycles. The van der Waals surface area contributed by atoms with Gasteiger partial charge < -0.3 is 9.64 Å². The van der Waals surface area contributed by atoms with Crippen molar-refractivity contribution in [3.05, 3.63) is 33.5 Å². The van der Waals surface area contributed by atoms with Crippen LogP contribution in [0.2, 0.25) is 0 Å². The van der Waals surface area contributed by atoms with Crippen molar-refractivity contribution in [1.29, 1.82) is 0 Å². The second kappa shape index (κ2) is 7.44. The molecule has 0 fully saturated rings. The SMILES string of the molecule is Cc1cc(Br)cc(CN(CC(C)C)C(=O)OC(C)(C)C)c1F. The molecule has 0 saturated heterocycles. The van der Waals surface area contributed by atoms with Crippen LogP contribution in [0.3, 0.4) is 0 Å². The van der Waals surface area contributed by atoms with Crippen LogP contribution < -0.4 is 0 Å². The number of hydrogen-bond acceptors (Lipinski definition) is 2. The number of carbonyl (C=O) groups is 1. The number of amides is 1. The van der Waals surface area contributed by atoms with Gasteiger partial charge in [0.25, 0.3) is 0 Å². The van der Waals surface area contributed by atoms with Crippen molar-refractivity contribution >= 4 is 22.0 Å². The van der Waals surface area contributed by atoms with Crippen molar-refractivity contribution in [1.82, 2.24) is 4.90 Å². The number of rotatable bonds is 4. The molecule has 0 spiro atoms. The number of benzene rings is 1. The highest BCUT2D eigenvalue weighted by atomic mass is 79.9. The summed E-state index contributed by atoms with van der Waals surface area (Å²) in [7, 11) is 0. The van der Waals surface area contributed by atoms with Gasteiger partial charge >= 0.3 is 6.09 Å². The molecule has 1 amide bonds. The number of nitrogens with zero attached hydrogens (tertiary/aromatic N) is 1. The van der Waals surface area contributed by atoms with Crippen molar-refractivity contribution in [2.45, 2.75) is 53.7 Å². The van der Waals surface area contributed by atoms with Gasteiger partial charge in [0.05, 0.1) is 6.54 Å². The molecular weight excluding hydrogens is 349 g/mol. The Balaban J connectivity index is 3.02. The van der Waals surface area contributed by atoms with Crippen molar-refractivity contribution in [3.63, 3.8) is 0 Å². The molecule has 124 valence electrons. The van der Waals surface area contributed by atoms with Gasteiger partial charge in [0.2, 0.25) is 0 Å². The van der Waals surface area contributed by atoms with Gasteiger partial charge in [-0.2, -0.15) is 0 Å². The van der Waals surface area contributed by atoms with E-state index in [2.05, 4.69) is 15.9 Å². The zero-order valence-electron chi connectivity index (χ0n) is 14.2. The van der Waals surface area contributed by atoms with Gasteiger partial charge in [-0.1, -0.05) is 29.8 Å². The quantitative estimate of drug-likeness (QED) is 0.717. The molecule has 1 rings (SSSR count). The molecule has 0 radical (unpaired) electrons. The van der Waals surface area contributed by atoms with Crippen LogP contribution in [-0.2, 0) is 11.3 Å². The predicted molar refractivity (Wildman–Crippen MR) is 90.3 cm³/mol. The van der Waals surface area contributed by atoms with Crippen LogP contribution >= 0.6 is 15.9 Å². The molecule has 0 atom stereocenters. The Hall–Kier alpha value is -1.10. The van der Waals surface area contributed by atoms with Crippen molar-refractivity contribution < 1.29 is 13.9 Å². The van der Waals surface area contributed by atoms with Gasteiger partial charge in [-0.25, -0.2) is 9.18 Å². The maximum absolute atomic E-state index is 14.3. The van der Waals surface area contributed by atoms with Gasteiger partial charge in [0.1, 0.15) is 11.4 Å². The van der Waals surface area contributed by atoms with Crippen LogP contribution in [0.1, 0.15) is 45.7 Å². The molecule has 0 aromatic heterocycles. The summed E-state index contributed by atoms with van der Waals surface area (Å²) in [5.74, 6) is -0.00987. The first-order valence-corrected chi connectivity index (χ1v) is 8.21. The third-order valence-corrected chi connectivity index (χ3v) is 3.35.